The number of carbonyl (C=O) groups excluding carboxylic acids is 1. The summed E-state index contributed by atoms with van der Waals surface area (Å²) in [5.41, 5.74) is 1.24. The number of aryl methyl sites for hydroxylation is 1. The molecule has 0 aliphatic heterocycles. The van der Waals surface area contributed by atoms with E-state index in [0.717, 1.165) is 12.0 Å². The van der Waals surface area contributed by atoms with Crippen LogP contribution in [-0.2, 0) is 11.2 Å². The molecule has 0 radical (unpaired) electrons. The third kappa shape index (κ3) is 2.02. The second-order valence-corrected chi connectivity index (χ2v) is 2.74. The first-order valence-electron chi connectivity index (χ1n) is 4.34. The number of rotatable bonds is 3. The van der Waals surface area contributed by atoms with Crippen LogP contribution in [0.1, 0.15) is 23.0 Å². The van der Waals surface area contributed by atoms with Crippen LogP contribution in [0.4, 0.5) is 0 Å². The van der Waals surface area contributed by atoms with Gasteiger partial charge in [-0.2, -0.15) is 0 Å². The lowest BCUT2D eigenvalue weighted by atomic mass is 10.2. The highest BCUT2D eigenvalue weighted by Crippen LogP contribution is 2.18. The molecule has 1 heterocycles. The Hall–Kier alpha value is -1.58. The summed E-state index contributed by atoms with van der Waals surface area (Å²) in [7, 11) is 2.82. The minimum atomic E-state index is -0.482. The van der Waals surface area contributed by atoms with Gasteiger partial charge in [0.2, 0.25) is 0 Å². The maximum atomic E-state index is 11.2. The number of hydrogen-bond acceptors (Lipinski definition) is 4. The lowest BCUT2D eigenvalue weighted by molar-refractivity contribution is 0.0590. The molecule has 0 fully saturated rings. The maximum absolute atomic E-state index is 11.2. The van der Waals surface area contributed by atoms with Crippen molar-refractivity contribution in [3.8, 4) is 5.75 Å². The Morgan fingerprint density at radius 2 is 2.21 bits per heavy atom. The van der Waals surface area contributed by atoms with E-state index in [9.17, 15) is 4.79 Å². The van der Waals surface area contributed by atoms with E-state index in [0.29, 0.717) is 5.75 Å². The summed E-state index contributed by atoms with van der Waals surface area (Å²) in [6.45, 7) is 2.01. The second-order valence-electron chi connectivity index (χ2n) is 2.74. The molecule has 0 bridgehead atoms. The molecule has 4 heteroatoms. The van der Waals surface area contributed by atoms with Crippen LogP contribution in [0.5, 0.6) is 5.75 Å². The Kier molecular flexibility index (Phi) is 3.45. The van der Waals surface area contributed by atoms with Gasteiger partial charge in [0, 0.05) is 6.20 Å². The van der Waals surface area contributed by atoms with Gasteiger partial charge in [0.25, 0.3) is 0 Å². The van der Waals surface area contributed by atoms with E-state index in [2.05, 4.69) is 9.72 Å². The summed E-state index contributed by atoms with van der Waals surface area (Å²) in [5, 5.41) is 0. The molecule has 0 aliphatic carbocycles. The van der Waals surface area contributed by atoms with E-state index < -0.39 is 5.97 Å². The van der Waals surface area contributed by atoms with Gasteiger partial charge in [-0.15, -0.1) is 0 Å². The summed E-state index contributed by atoms with van der Waals surface area (Å²) in [6.07, 6.45) is 2.50. The highest BCUT2D eigenvalue weighted by molar-refractivity contribution is 5.90. The van der Waals surface area contributed by atoms with Gasteiger partial charge < -0.3 is 9.47 Å². The van der Waals surface area contributed by atoms with Crippen LogP contribution >= 0.6 is 0 Å². The fourth-order valence-electron chi connectivity index (χ4n) is 1.08. The first-order chi connectivity index (χ1) is 6.72. The van der Waals surface area contributed by atoms with Gasteiger partial charge in [-0.05, 0) is 18.1 Å². The van der Waals surface area contributed by atoms with E-state index in [1.165, 1.54) is 14.2 Å². The van der Waals surface area contributed by atoms with E-state index in [1.54, 1.807) is 12.3 Å². The number of nitrogens with zero attached hydrogens (tertiary/aromatic N) is 1. The van der Waals surface area contributed by atoms with Gasteiger partial charge in [-0.1, -0.05) is 6.92 Å². The number of ether oxygens (including phenoxy) is 2. The minimum Gasteiger partial charge on any atom is -0.494 e. The normalized spacial score (nSPS) is 9.64. The zero-order chi connectivity index (χ0) is 10.6. The van der Waals surface area contributed by atoms with E-state index in [1.807, 2.05) is 6.92 Å². The molecule has 76 valence electrons. The van der Waals surface area contributed by atoms with Crippen molar-refractivity contribution in [3.05, 3.63) is 23.5 Å². The van der Waals surface area contributed by atoms with E-state index >= 15 is 0 Å². The molecule has 1 aromatic heterocycles. The Balaban J connectivity index is 3.11. The maximum Gasteiger partial charge on any atom is 0.360 e. The Labute approximate surface area is 82.9 Å². The Morgan fingerprint density at radius 3 is 2.71 bits per heavy atom. The van der Waals surface area contributed by atoms with Crippen LogP contribution in [0.2, 0.25) is 0 Å². The molecule has 0 aromatic carbocycles. The third-order valence-electron chi connectivity index (χ3n) is 1.92. The van der Waals surface area contributed by atoms with Gasteiger partial charge in [-0.25, -0.2) is 9.78 Å². The SMILES string of the molecule is CCc1cnc(C(=O)OC)c(OC)c1. The lowest BCUT2D eigenvalue weighted by Crippen LogP contribution is -2.07. The van der Waals surface area contributed by atoms with Crippen molar-refractivity contribution in [3.63, 3.8) is 0 Å². The zero-order valence-electron chi connectivity index (χ0n) is 8.53. The summed E-state index contributed by atoms with van der Waals surface area (Å²) in [5.74, 6) is -0.0271. The fourth-order valence-corrected chi connectivity index (χ4v) is 1.08. The van der Waals surface area contributed by atoms with Crippen LogP contribution in [0.25, 0.3) is 0 Å². The number of carbonyl (C=O) groups is 1. The van der Waals surface area contributed by atoms with Crippen molar-refractivity contribution in [1.29, 1.82) is 0 Å². The number of hydrogen-bond donors (Lipinski definition) is 0. The molecule has 1 rings (SSSR count). The molecule has 14 heavy (non-hydrogen) atoms. The quantitative estimate of drug-likeness (QED) is 0.685. The van der Waals surface area contributed by atoms with Crippen LogP contribution in [0, 0.1) is 0 Å². The van der Waals surface area contributed by atoms with Crippen LogP contribution in [0.15, 0.2) is 12.3 Å². The molecule has 0 saturated carbocycles. The van der Waals surface area contributed by atoms with Crippen molar-refractivity contribution in [2.24, 2.45) is 0 Å². The van der Waals surface area contributed by atoms with Gasteiger partial charge >= 0.3 is 5.97 Å². The average Bonchev–Trinajstić information content (AvgIpc) is 2.27. The van der Waals surface area contributed by atoms with Gasteiger partial charge in [0.05, 0.1) is 14.2 Å². The minimum absolute atomic E-state index is 0.215. The van der Waals surface area contributed by atoms with Crippen molar-refractivity contribution >= 4 is 5.97 Å². The van der Waals surface area contributed by atoms with Crippen molar-refractivity contribution in [2.75, 3.05) is 14.2 Å². The predicted molar refractivity (Wildman–Crippen MR) is 51.5 cm³/mol. The molecule has 0 saturated heterocycles. The highest BCUT2D eigenvalue weighted by Gasteiger charge is 2.14. The third-order valence-corrected chi connectivity index (χ3v) is 1.92. The van der Waals surface area contributed by atoms with Crippen LogP contribution in [-0.4, -0.2) is 25.2 Å². The predicted octanol–water partition coefficient (Wildman–Crippen LogP) is 1.44. The summed E-state index contributed by atoms with van der Waals surface area (Å²) < 4.78 is 9.62. The molecule has 4 nitrogen and oxygen atoms in total. The smallest absolute Gasteiger partial charge is 0.360 e. The fraction of sp³-hybridized carbons (Fsp3) is 0.400. The molecule has 1 aromatic rings. The largest absolute Gasteiger partial charge is 0.494 e. The number of pyridine rings is 1. The Morgan fingerprint density at radius 1 is 1.50 bits per heavy atom. The average molecular weight is 195 g/mol. The first-order valence-corrected chi connectivity index (χ1v) is 4.34. The Bertz CT molecular complexity index is 336. The first kappa shape index (κ1) is 10.5. The van der Waals surface area contributed by atoms with Gasteiger partial charge in [0.1, 0.15) is 0 Å². The topological polar surface area (TPSA) is 48.4 Å². The summed E-state index contributed by atoms with van der Waals surface area (Å²) in [4.78, 5) is 15.2. The monoisotopic (exact) mass is 195 g/mol. The zero-order valence-corrected chi connectivity index (χ0v) is 8.53. The second kappa shape index (κ2) is 4.60. The molecule has 0 amide bonds. The van der Waals surface area contributed by atoms with Crippen molar-refractivity contribution in [2.45, 2.75) is 13.3 Å². The summed E-state index contributed by atoms with van der Waals surface area (Å²) in [6, 6.07) is 1.79. The van der Waals surface area contributed by atoms with Gasteiger partial charge in [-0.3, -0.25) is 0 Å². The molecule has 0 unspecified atom stereocenters. The van der Waals surface area contributed by atoms with Gasteiger partial charge in [0.15, 0.2) is 11.4 Å². The van der Waals surface area contributed by atoms with Crippen molar-refractivity contribution < 1.29 is 14.3 Å². The standard InChI is InChI=1S/C10H13NO3/c1-4-7-5-8(13-2)9(11-6-7)10(12)14-3/h5-6H,4H2,1-3H3. The lowest BCUT2D eigenvalue weighted by Gasteiger charge is -2.06. The molecular weight excluding hydrogens is 182 g/mol. The molecule has 0 atom stereocenters. The molecule has 0 N–H and O–H groups in total. The number of aromatic nitrogens is 1. The van der Waals surface area contributed by atoms with Crippen LogP contribution in [0.3, 0.4) is 0 Å². The molecule has 0 spiro atoms. The van der Waals surface area contributed by atoms with E-state index in [-0.39, 0.29) is 5.69 Å². The molecular formula is C10H13NO3. The number of methoxy groups -OCH3 is 2. The van der Waals surface area contributed by atoms with E-state index in [4.69, 9.17) is 4.74 Å². The van der Waals surface area contributed by atoms with Crippen LogP contribution < -0.4 is 4.74 Å². The van der Waals surface area contributed by atoms with Crippen molar-refractivity contribution in [1.82, 2.24) is 4.98 Å². The highest BCUT2D eigenvalue weighted by atomic mass is 16.5. The number of esters is 1. The summed E-state index contributed by atoms with van der Waals surface area (Å²) >= 11 is 0. The molecule has 0 aliphatic rings.